The molecule has 1 aromatic carbocycles. The number of hydrogen-bond donors (Lipinski definition) is 0. The lowest BCUT2D eigenvalue weighted by atomic mass is 10.0. The second-order valence-electron chi connectivity index (χ2n) is 5.33. The van der Waals surface area contributed by atoms with Crippen molar-refractivity contribution >= 4 is 22.4 Å². The lowest BCUT2D eigenvalue weighted by Gasteiger charge is -2.20. The predicted octanol–water partition coefficient (Wildman–Crippen LogP) is 3.20. The van der Waals surface area contributed by atoms with Crippen LogP contribution in [0.2, 0.25) is 0 Å². The number of rotatable bonds is 3. The Balaban J connectivity index is 1.78. The smallest absolute Gasteiger partial charge is 0.257 e. The van der Waals surface area contributed by atoms with Gasteiger partial charge in [-0.3, -0.25) is 9.69 Å². The van der Waals surface area contributed by atoms with Gasteiger partial charge in [-0.2, -0.15) is 0 Å². The Bertz CT molecular complexity index is 626. The van der Waals surface area contributed by atoms with Crippen LogP contribution < -0.4 is 4.90 Å². The molecule has 1 amide bonds. The molecular weight excluding hydrogens is 284 g/mol. The van der Waals surface area contributed by atoms with Crippen LogP contribution in [0.25, 0.3) is 10.4 Å². The van der Waals surface area contributed by atoms with E-state index >= 15 is 0 Å². The highest BCUT2D eigenvalue weighted by molar-refractivity contribution is 7.19. The van der Waals surface area contributed by atoms with Crippen LogP contribution in [-0.2, 0) is 9.53 Å². The summed E-state index contributed by atoms with van der Waals surface area (Å²) >= 11 is 1.52. The van der Waals surface area contributed by atoms with Gasteiger partial charge >= 0.3 is 0 Å². The Morgan fingerprint density at radius 1 is 1.38 bits per heavy atom. The van der Waals surface area contributed by atoms with Crippen molar-refractivity contribution in [3.63, 3.8) is 0 Å². The zero-order valence-electron chi connectivity index (χ0n) is 12.2. The average molecular weight is 302 g/mol. The van der Waals surface area contributed by atoms with E-state index in [1.165, 1.54) is 11.3 Å². The summed E-state index contributed by atoms with van der Waals surface area (Å²) in [5.41, 5.74) is 1.12. The number of amides is 1. The highest BCUT2D eigenvalue weighted by Crippen LogP contribution is 2.32. The van der Waals surface area contributed by atoms with Gasteiger partial charge < -0.3 is 4.74 Å². The molecule has 21 heavy (non-hydrogen) atoms. The van der Waals surface area contributed by atoms with Crippen LogP contribution in [0, 0.1) is 5.92 Å². The molecule has 1 aliphatic rings. The Hall–Kier alpha value is -1.72. The Labute approximate surface area is 128 Å². The van der Waals surface area contributed by atoms with E-state index in [1.54, 1.807) is 11.9 Å². The molecule has 2 heterocycles. The fourth-order valence-electron chi connectivity index (χ4n) is 2.45. The molecule has 2 atom stereocenters. The highest BCUT2D eigenvalue weighted by Gasteiger charge is 2.34. The number of aromatic nitrogens is 1. The van der Waals surface area contributed by atoms with E-state index in [9.17, 15) is 4.79 Å². The average Bonchev–Trinajstić information content (AvgIpc) is 3.15. The van der Waals surface area contributed by atoms with Gasteiger partial charge in [0.1, 0.15) is 6.10 Å². The largest absolute Gasteiger partial charge is 0.368 e. The normalized spacial score (nSPS) is 21.4. The molecule has 4 nitrogen and oxygen atoms in total. The molecule has 0 aliphatic carbocycles. The molecule has 1 fully saturated rings. The molecule has 2 aromatic rings. The first-order valence-corrected chi connectivity index (χ1v) is 7.89. The SMILES string of the molecule is C[C@H]1CCO[C@@H]1C(=O)N(C)c1ncc(-c2ccccc2)s1. The van der Waals surface area contributed by atoms with Crippen LogP contribution in [-0.4, -0.2) is 30.6 Å². The van der Waals surface area contributed by atoms with E-state index in [0.29, 0.717) is 11.7 Å². The summed E-state index contributed by atoms with van der Waals surface area (Å²) in [4.78, 5) is 19.5. The van der Waals surface area contributed by atoms with Crippen molar-refractivity contribution in [3.05, 3.63) is 36.5 Å². The summed E-state index contributed by atoms with van der Waals surface area (Å²) < 4.78 is 5.55. The van der Waals surface area contributed by atoms with Gasteiger partial charge in [-0.05, 0) is 17.9 Å². The first kappa shape index (κ1) is 14.2. The van der Waals surface area contributed by atoms with Crippen LogP contribution in [0.15, 0.2) is 36.5 Å². The fourth-order valence-corrected chi connectivity index (χ4v) is 3.34. The van der Waals surface area contributed by atoms with Crippen molar-refractivity contribution in [2.24, 2.45) is 5.92 Å². The van der Waals surface area contributed by atoms with Crippen LogP contribution in [0.4, 0.5) is 5.13 Å². The molecule has 0 N–H and O–H groups in total. The predicted molar refractivity (Wildman–Crippen MR) is 84.5 cm³/mol. The number of carbonyl (C=O) groups is 1. The molecule has 1 aliphatic heterocycles. The van der Waals surface area contributed by atoms with Gasteiger partial charge in [0, 0.05) is 19.9 Å². The van der Waals surface area contributed by atoms with E-state index in [2.05, 4.69) is 11.9 Å². The van der Waals surface area contributed by atoms with Crippen LogP contribution >= 0.6 is 11.3 Å². The first-order chi connectivity index (χ1) is 10.2. The number of nitrogens with zero attached hydrogens (tertiary/aromatic N) is 2. The van der Waals surface area contributed by atoms with Gasteiger partial charge in [0.2, 0.25) is 0 Å². The van der Waals surface area contributed by atoms with Crippen molar-refractivity contribution in [2.45, 2.75) is 19.4 Å². The monoisotopic (exact) mass is 302 g/mol. The van der Waals surface area contributed by atoms with Crippen molar-refractivity contribution in [3.8, 4) is 10.4 Å². The minimum absolute atomic E-state index is 0.00559. The van der Waals surface area contributed by atoms with Crippen molar-refractivity contribution in [1.29, 1.82) is 0 Å². The summed E-state index contributed by atoms with van der Waals surface area (Å²) in [6, 6.07) is 10.1. The molecule has 0 saturated carbocycles. The molecule has 1 aromatic heterocycles. The summed E-state index contributed by atoms with van der Waals surface area (Å²) in [5, 5.41) is 0.710. The Morgan fingerprint density at radius 3 is 2.81 bits per heavy atom. The fraction of sp³-hybridized carbons (Fsp3) is 0.375. The van der Waals surface area contributed by atoms with Crippen LogP contribution in [0.3, 0.4) is 0 Å². The lowest BCUT2D eigenvalue weighted by molar-refractivity contribution is -0.128. The second-order valence-corrected chi connectivity index (χ2v) is 6.34. The third-order valence-corrected chi connectivity index (χ3v) is 4.92. The molecule has 110 valence electrons. The van der Waals surface area contributed by atoms with E-state index in [0.717, 1.165) is 16.9 Å². The van der Waals surface area contributed by atoms with E-state index in [1.807, 2.05) is 36.5 Å². The third kappa shape index (κ3) is 2.84. The summed E-state index contributed by atoms with van der Waals surface area (Å²) in [6.07, 6.45) is 2.43. The van der Waals surface area contributed by atoms with Crippen LogP contribution in [0.1, 0.15) is 13.3 Å². The maximum absolute atomic E-state index is 12.5. The zero-order valence-corrected chi connectivity index (χ0v) is 13.0. The molecule has 0 spiro atoms. The quantitative estimate of drug-likeness (QED) is 0.874. The van der Waals surface area contributed by atoms with Gasteiger partial charge in [0.05, 0.1) is 4.88 Å². The molecular formula is C16H18N2O2S. The second kappa shape index (κ2) is 5.95. The molecule has 0 radical (unpaired) electrons. The van der Waals surface area contributed by atoms with Crippen molar-refractivity contribution in [1.82, 2.24) is 4.98 Å². The number of hydrogen-bond acceptors (Lipinski definition) is 4. The zero-order chi connectivity index (χ0) is 14.8. The molecule has 5 heteroatoms. The van der Waals surface area contributed by atoms with Gasteiger partial charge in [-0.25, -0.2) is 4.98 Å². The number of ether oxygens (including phenoxy) is 1. The van der Waals surface area contributed by atoms with E-state index in [-0.39, 0.29) is 17.9 Å². The standard InChI is InChI=1S/C16H18N2O2S/c1-11-8-9-20-14(11)15(19)18(2)16-17-10-13(21-16)12-6-4-3-5-7-12/h3-7,10-11,14H,8-9H2,1-2H3/t11-,14-/m0/s1. The number of anilines is 1. The number of benzene rings is 1. The van der Waals surface area contributed by atoms with Gasteiger partial charge in [0.25, 0.3) is 5.91 Å². The maximum Gasteiger partial charge on any atom is 0.257 e. The van der Waals surface area contributed by atoms with Gasteiger partial charge in [0.15, 0.2) is 5.13 Å². The molecule has 1 saturated heterocycles. The summed E-state index contributed by atoms with van der Waals surface area (Å²) in [5.74, 6) is 0.266. The molecule has 0 bridgehead atoms. The van der Waals surface area contributed by atoms with Crippen molar-refractivity contribution in [2.75, 3.05) is 18.6 Å². The van der Waals surface area contributed by atoms with Crippen molar-refractivity contribution < 1.29 is 9.53 Å². The highest BCUT2D eigenvalue weighted by atomic mass is 32.1. The molecule has 0 unspecified atom stereocenters. The van der Waals surface area contributed by atoms with Gasteiger partial charge in [-0.1, -0.05) is 48.6 Å². The minimum atomic E-state index is -0.334. The number of carbonyl (C=O) groups excluding carboxylic acids is 1. The first-order valence-electron chi connectivity index (χ1n) is 7.07. The lowest BCUT2D eigenvalue weighted by Crippen LogP contribution is -2.38. The Morgan fingerprint density at radius 2 is 2.14 bits per heavy atom. The number of thiazole rings is 1. The third-order valence-electron chi connectivity index (χ3n) is 3.80. The van der Waals surface area contributed by atoms with Crippen LogP contribution in [0.5, 0.6) is 0 Å². The maximum atomic E-state index is 12.5. The minimum Gasteiger partial charge on any atom is -0.368 e. The summed E-state index contributed by atoms with van der Waals surface area (Å²) in [7, 11) is 1.77. The number of likely N-dealkylation sites (N-methyl/N-ethyl adjacent to an activating group) is 1. The van der Waals surface area contributed by atoms with E-state index in [4.69, 9.17) is 4.74 Å². The summed E-state index contributed by atoms with van der Waals surface area (Å²) in [6.45, 7) is 2.72. The van der Waals surface area contributed by atoms with E-state index < -0.39 is 0 Å². The topological polar surface area (TPSA) is 42.4 Å². The molecule has 3 rings (SSSR count). The Kier molecular flexibility index (Phi) is 4.03. The van der Waals surface area contributed by atoms with Gasteiger partial charge in [-0.15, -0.1) is 0 Å².